The van der Waals surface area contributed by atoms with E-state index < -0.39 is 11.7 Å². The lowest BCUT2D eigenvalue weighted by atomic mass is 10.2. The molecule has 0 spiro atoms. The molecule has 1 heterocycles. The molecule has 0 aromatic carbocycles. The Labute approximate surface area is 119 Å². The third kappa shape index (κ3) is 4.60. The van der Waals surface area contributed by atoms with Crippen molar-refractivity contribution in [1.29, 1.82) is 0 Å². The minimum absolute atomic E-state index is 0.423. The first-order valence-electron chi connectivity index (χ1n) is 6.83. The highest BCUT2D eigenvalue weighted by molar-refractivity contribution is 5.85. The second kappa shape index (κ2) is 5.56. The number of nitrogen functional groups attached to an aromatic ring is 1. The van der Waals surface area contributed by atoms with E-state index in [1.54, 1.807) is 6.07 Å². The Morgan fingerprint density at radius 1 is 1.50 bits per heavy atom. The lowest BCUT2D eigenvalue weighted by molar-refractivity contribution is 0.0635. The van der Waals surface area contributed by atoms with E-state index >= 15 is 0 Å². The van der Waals surface area contributed by atoms with Crippen molar-refractivity contribution in [3.05, 3.63) is 12.3 Å². The van der Waals surface area contributed by atoms with Crippen LogP contribution in [-0.4, -0.2) is 23.2 Å². The summed E-state index contributed by atoms with van der Waals surface area (Å²) in [6.45, 7) is 6.34. The number of ether oxygens (including phenoxy) is 1. The first-order chi connectivity index (χ1) is 9.33. The van der Waals surface area contributed by atoms with E-state index in [4.69, 9.17) is 10.5 Å². The van der Waals surface area contributed by atoms with Gasteiger partial charge in [-0.15, -0.1) is 0 Å². The van der Waals surface area contributed by atoms with Gasteiger partial charge >= 0.3 is 6.09 Å². The fraction of sp³-hybridized carbons (Fsp3) is 0.571. The molecule has 20 heavy (non-hydrogen) atoms. The van der Waals surface area contributed by atoms with Gasteiger partial charge in [0.1, 0.15) is 11.4 Å². The van der Waals surface area contributed by atoms with Crippen LogP contribution in [0.1, 0.15) is 33.6 Å². The van der Waals surface area contributed by atoms with Gasteiger partial charge in [-0.3, -0.25) is 5.32 Å². The van der Waals surface area contributed by atoms with Crippen LogP contribution in [0.4, 0.5) is 22.0 Å². The standard InChI is InChI=1S/C14H22N4O2/c1-14(2,3)20-13(19)18-12-6-11(10(15)8-17-12)16-7-9-4-5-9/h6,8-9H,4-5,7,15H2,1-3H3,(H2,16,17,18,19). The van der Waals surface area contributed by atoms with Crippen molar-refractivity contribution in [2.45, 2.75) is 39.2 Å². The van der Waals surface area contributed by atoms with Gasteiger partial charge in [-0.25, -0.2) is 9.78 Å². The maximum absolute atomic E-state index is 11.7. The Balaban J connectivity index is 1.96. The van der Waals surface area contributed by atoms with Crippen molar-refractivity contribution in [1.82, 2.24) is 4.98 Å². The molecule has 0 atom stereocenters. The molecule has 0 radical (unpaired) electrons. The smallest absolute Gasteiger partial charge is 0.413 e. The monoisotopic (exact) mass is 278 g/mol. The van der Waals surface area contributed by atoms with Crippen LogP contribution in [0.15, 0.2) is 12.3 Å². The first-order valence-corrected chi connectivity index (χ1v) is 6.83. The third-order valence-corrected chi connectivity index (χ3v) is 2.84. The van der Waals surface area contributed by atoms with Crippen molar-refractivity contribution in [2.24, 2.45) is 5.92 Å². The Hall–Kier alpha value is -1.98. The summed E-state index contributed by atoms with van der Waals surface area (Å²) in [5.41, 5.74) is 6.68. The minimum Gasteiger partial charge on any atom is -0.444 e. The van der Waals surface area contributed by atoms with Gasteiger partial charge in [0.2, 0.25) is 0 Å². The lowest BCUT2D eigenvalue weighted by Crippen LogP contribution is -2.27. The highest BCUT2D eigenvalue weighted by Crippen LogP contribution is 2.30. The van der Waals surface area contributed by atoms with Crippen molar-refractivity contribution in [2.75, 3.05) is 22.9 Å². The van der Waals surface area contributed by atoms with Gasteiger partial charge in [-0.05, 0) is 39.5 Å². The summed E-state index contributed by atoms with van der Waals surface area (Å²) in [6.07, 6.45) is 3.53. The van der Waals surface area contributed by atoms with Crippen LogP contribution in [0.2, 0.25) is 0 Å². The third-order valence-electron chi connectivity index (χ3n) is 2.84. The van der Waals surface area contributed by atoms with Gasteiger partial charge in [0.25, 0.3) is 0 Å². The maximum atomic E-state index is 11.7. The van der Waals surface area contributed by atoms with E-state index in [2.05, 4.69) is 15.6 Å². The molecule has 1 aliphatic rings. The summed E-state index contributed by atoms with van der Waals surface area (Å²) >= 11 is 0. The van der Waals surface area contributed by atoms with E-state index in [0.29, 0.717) is 11.5 Å². The predicted molar refractivity (Wildman–Crippen MR) is 79.7 cm³/mol. The van der Waals surface area contributed by atoms with Crippen molar-refractivity contribution in [3.8, 4) is 0 Å². The normalized spacial score (nSPS) is 14.8. The number of aromatic nitrogens is 1. The molecule has 4 N–H and O–H groups in total. The topological polar surface area (TPSA) is 89.3 Å². The molecule has 1 aromatic rings. The molecular weight excluding hydrogens is 256 g/mol. The lowest BCUT2D eigenvalue weighted by Gasteiger charge is -2.19. The zero-order chi connectivity index (χ0) is 14.8. The molecule has 2 rings (SSSR count). The maximum Gasteiger partial charge on any atom is 0.413 e. The van der Waals surface area contributed by atoms with Crippen LogP contribution in [0, 0.1) is 5.92 Å². The van der Waals surface area contributed by atoms with Gasteiger partial charge in [-0.2, -0.15) is 0 Å². The molecule has 0 aliphatic heterocycles. The summed E-state index contributed by atoms with van der Waals surface area (Å²) in [5, 5.41) is 5.88. The Morgan fingerprint density at radius 2 is 2.20 bits per heavy atom. The van der Waals surface area contributed by atoms with E-state index in [-0.39, 0.29) is 0 Å². The Bertz CT molecular complexity index is 492. The molecule has 1 aliphatic carbocycles. The quantitative estimate of drug-likeness (QED) is 0.788. The zero-order valence-electron chi connectivity index (χ0n) is 12.2. The molecule has 1 amide bonds. The molecule has 6 nitrogen and oxygen atoms in total. The van der Waals surface area contributed by atoms with Crippen LogP contribution in [-0.2, 0) is 4.74 Å². The molecule has 110 valence electrons. The van der Waals surface area contributed by atoms with Crippen LogP contribution >= 0.6 is 0 Å². The second-order valence-electron chi connectivity index (χ2n) is 6.11. The van der Waals surface area contributed by atoms with E-state index in [0.717, 1.165) is 18.2 Å². The largest absolute Gasteiger partial charge is 0.444 e. The number of rotatable bonds is 4. The number of nitrogens with zero attached hydrogens (tertiary/aromatic N) is 1. The summed E-state index contributed by atoms with van der Waals surface area (Å²) in [4.78, 5) is 15.8. The van der Waals surface area contributed by atoms with Gasteiger partial charge in [-0.1, -0.05) is 0 Å². The zero-order valence-corrected chi connectivity index (χ0v) is 12.2. The Kier molecular flexibility index (Phi) is 4.01. The summed E-state index contributed by atoms with van der Waals surface area (Å²) in [6, 6.07) is 1.72. The van der Waals surface area contributed by atoms with Crippen molar-refractivity contribution >= 4 is 23.3 Å². The van der Waals surface area contributed by atoms with E-state index in [1.165, 1.54) is 19.0 Å². The Morgan fingerprint density at radius 3 is 2.80 bits per heavy atom. The molecule has 0 unspecified atom stereocenters. The fourth-order valence-corrected chi connectivity index (χ4v) is 1.67. The number of hydrogen-bond acceptors (Lipinski definition) is 5. The number of nitrogens with two attached hydrogens (primary N) is 1. The van der Waals surface area contributed by atoms with Gasteiger partial charge in [0, 0.05) is 12.6 Å². The summed E-state index contributed by atoms with van der Waals surface area (Å²) in [5.74, 6) is 1.16. The van der Waals surface area contributed by atoms with Crippen LogP contribution in [0.25, 0.3) is 0 Å². The summed E-state index contributed by atoms with van der Waals surface area (Å²) < 4.78 is 5.18. The highest BCUT2D eigenvalue weighted by atomic mass is 16.6. The molecular formula is C14H22N4O2. The average molecular weight is 278 g/mol. The molecule has 1 fully saturated rings. The molecule has 1 saturated carbocycles. The van der Waals surface area contributed by atoms with Crippen molar-refractivity contribution < 1.29 is 9.53 Å². The number of pyridine rings is 1. The van der Waals surface area contributed by atoms with Crippen molar-refractivity contribution in [3.63, 3.8) is 0 Å². The molecule has 6 heteroatoms. The van der Waals surface area contributed by atoms with Crippen LogP contribution < -0.4 is 16.4 Å². The first kappa shape index (κ1) is 14.4. The molecule has 0 saturated heterocycles. The number of nitrogens with one attached hydrogen (secondary N) is 2. The predicted octanol–water partition coefficient (Wildman–Crippen LogP) is 2.83. The second-order valence-corrected chi connectivity index (χ2v) is 6.11. The summed E-state index contributed by atoms with van der Waals surface area (Å²) in [7, 11) is 0. The van der Waals surface area contributed by atoms with Gasteiger partial charge in [0.15, 0.2) is 0 Å². The van der Waals surface area contributed by atoms with E-state index in [1.807, 2.05) is 20.8 Å². The number of hydrogen-bond donors (Lipinski definition) is 3. The van der Waals surface area contributed by atoms with Gasteiger partial charge in [0.05, 0.1) is 17.6 Å². The SMILES string of the molecule is CC(C)(C)OC(=O)Nc1cc(NCC2CC2)c(N)cn1. The highest BCUT2D eigenvalue weighted by Gasteiger charge is 2.21. The molecule has 0 bridgehead atoms. The number of carbonyl (C=O) groups excluding carboxylic acids is 1. The van der Waals surface area contributed by atoms with E-state index in [9.17, 15) is 4.79 Å². The number of anilines is 3. The van der Waals surface area contributed by atoms with Crippen LogP contribution in [0.3, 0.4) is 0 Å². The average Bonchev–Trinajstić information content (AvgIpc) is 3.11. The van der Waals surface area contributed by atoms with Gasteiger partial charge < -0.3 is 15.8 Å². The van der Waals surface area contributed by atoms with Crippen LogP contribution in [0.5, 0.6) is 0 Å². The number of carbonyl (C=O) groups is 1. The number of amides is 1. The minimum atomic E-state index is -0.537. The molecule has 1 aromatic heterocycles. The fourth-order valence-electron chi connectivity index (χ4n) is 1.67.